The number of esters is 2. The van der Waals surface area contributed by atoms with E-state index in [0.29, 0.717) is 12.8 Å². The van der Waals surface area contributed by atoms with Gasteiger partial charge in [-0.1, -0.05) is 146 Å². The zero-order valence-corrected chi connectivity index (χ0v) is 36.1. The summed E-state index contributed by atoms with van der Waals surface area (Å²) in [6, 6.07) is -0.729. The molecule has 0 N–H and O–H groups in total. The van der Waals surface area contributed by atoms with E-state index >= 15 is 0 Å². The van der Waals surface area contributed by atoms with E-state index in [4.69, 9.17) is 14.2 Å². The first-order valence-corrected chi connectivity index (χ1v) is 22.2. The number of quaternary nitrogens is 1. The summed E-state index contributed by atoms with van der Waals surface area (Å²) in [5, 5.41) is 11.6. The lowest BCUT2D eigenvalue weighted by Gasteiger charge is -2.34. The molecule has 0 aliphatic heterocycles. The van der Waals surface area contributed by atoms with Crippen LogP contribution >= 0.6 is 0 Å². The van der Waals surface area contributed by atoms with E-state index in [1.807, 2.05) is 0 Å². The summed E-state index contributed by atoms with van der Waals surface area (Å²) >= 11 is 0. The first-order valence-electron chi connectivity index (χ1n) is 22.2. The summed E-state index contributed by atoms with van der Waals surface area (Å²) in [5.74, 6) is -1.76. The van der Waals surface area contributed by atoms with Gasteiger partial charge >= 0.3 is 11.9 Å². The first kappa shape index (κ1) is 52.3. The van der Waals surface area contributed by atoms with Gasteiger partial charge in [-0.25, -0.2) is 0 Å². The van der Waals surface area contributed by atoms with Gasteiger partial charge in [0.15, 0.2) is 6.10 Å². The normalized spacial score (nSPS) is 13.4. The van der Waals surface area contributed by atoms with E-state index in [2.05, 4.69) is 62.5 Å². The summed E-state index contributed by atoms with van der Waals surface area (Å²) in [7, 11) is 5.40. The molecule has 0 fully saturated rings. The van der Waals surface area contributed by atoms with E-state index in [9.17, 15) is 19.5 Å². The Morgan fingerprint density at radius 1 is 0.582 bits per heavy atom. The maximum atomic E-state index is 12.7. The number of aliphatic carboxylic acids is 1. The minimum atomic E-state index is -1.13. The lowest BCUT2D eigenvalue weighted by atomic mass is 10.1. The van der Waals surface area contributed by atoms with Gasteiger partial charge in [-0.2, -0.15) is 0 Å². The van der Waals surface area contributed by atoms with Crippen LogP contribution in [-0.4, -0.2) is 75.5 Å². The number of nitrogens with zero attached hydrogens (tertiary/aromatic N) is 1. The number of carboxylic acids is 1. The van der Waals surface area contributed by atoms with E-state index in [-0.39, 0.29) is 42.7 Å². The van der Waals surface area contributed by atoms with Crippen LogP contribution in [0.2, 0.25) is 0 Å². The SMILES string of the molecule is CC/C=C/C/C=C/CCCCCCCC(=O)OC(COCCC(C(=O)[O-])[N+](C)(C)C)COC(=O)CCCCCCCCCCCC/C=C/C=C/CCCCC. The Hall–Kier alpha value is -2.71. The van der Waals surface area contributed by atoms with Gasteiger partial charge in [0.05, 0.1) is 40.3 Å². The van der Waals surface area contributed by atoms with Gasteiger partial charge in [0.25, 0.3) is 0 Å². The quantitative estimate of drug-likeness (QED) is 0.0201. The second kappa shape index (κ2) is 38.2. The van der Waals surface area contributed by atoms with E-state index < -0.39 is 18.1 Å². The molecule has 2 unspecified atom stereocenters. The molecular formula is C47H83NO7. The maximum Gasteiger partial charge on any atom is 0.306 e. The van der Waals surface area contributed by atoms with Gasteiger partial charge in [0.2, 0.25) is 0 Å². The van der Waals surface area contributed by atoms with Gasteiger partial charge in [0, 0.05) is 19.3 Å². The Balaban J connectivity index is 4.30. The zero-order chi connectivity index (χ0) is 40.7. The van der Waals surface area contributed by atoms with Crippen molar-refractivity contribution in [3.8, 4) is 0 Å². The van der Waals surface area contributed by atoms with Crippen molar-refractivity contribution < 1.29 is 38.2 Å². The average Bonchev–Trinajstić information content (AvgIpc) is 3.14. The molecular weight excluding hydrogens is 691 g/mol. The highest BCUT2D eigenvalue weighted by molar-refractivity contribution is 5.70. The highest BCUT2D eigenvalue weighted by Gasteiger charge is 2.25. The molecule has 55 heavy (non-hydrogen) atoms. The number of likely N-dealkylation sites (N-methyl/N-ethyl adjacent to an activating group) is 1. The number of allylic oxidation sites excluding steroid dienone is 8. The number of hydrogen-bond donors (Lipinski definition) is 0. The molecule has 0 saturated heterocycles. The average molecular weight is 774 g/mol. The second-order valence-corrected chi connectivity index (χ2v) is 15.9. The molecule has 0 aromatic carbocycles. The molecule has 0 amide bonds. The van der Waals surface area contributed by atoms with Crippen LogP contribution in [0.15, 0.2) is 48.6 Å². The fourth-order valence-corrected chi connectivity index (χ4v) is 6.28. The number of ether oxygens (including phenoxy) is 3. The second-order valence-electron chi connectivity index (χ2n) is 15.9. The van der Waals surface area contributed by atoms with E-state index in [0.717, 1.165) is 70.6 Å². The van der Waals surface area contributed by atoms with E-state index in [1.165, 1.54) is 77.0 Å². The van der Waals surface area contributed by atoms with Crippen LogP contribution in [-0.2, 0) is 28.6 Å². The minimum absolute atomic E-state index is 0.0333. The van der Waals surface area contributed by atoms with Crippen molar-refractivity contribution >= 4 is 17.9 Å². The van der Waals surface area contributed by atoms with Crippen LogP contribution in [0.25, 0.3) is 0 Å². The number of unbranched alkanes of at least 4 members (excludes halogenated alkanes) is 18. The summed E-state index contributed by atoms with van der Waals surface area (Å²) in [5.41, 5.74) is 0. The molecule has 0 saturated carbocycles. The Bertz CT molecular complexity index is 1040. The topological polar surface area (TPSA) is 102 Å². The van der Waals surface area contributed by atoms with Crippen molar-refractivity contribution in [2.75, 3.05) is 41.0 Å². The fourth-order valence-electron chi connectivity index (χ4n) is 6.28. The highest BCUT2D eigenvalue weighted by Crippen LogP contribution is 2.14. The van der Waals surface area contributed by atoms with Gasteiger partial charge in [-0.3, -0.25) is 9.59 Å². The number of carbonyl (C=O) groups is 3. The molecule has 0 heterocycles. The molecule has 0 aliphatic rings. The van der Waals surface area contributed by atoms with Crippen LogP contribution in [0.4, 0.5) is 0 Å². The lowest BCUT2D eigenvalue weighted by molar-refractivity contribution is -0.889. The third kappa shape index (κ3) is 36.7. The number of carboxylic acid groups (broad SMARTS) is 1. The molecule has 318 valence electrons. The molecule has 2 atom stereocenters. The standard InChI is InChI=1S/C47H83NO7/c1-6-8-10-12-14-16-18-20-21-22-23-24-25-26-28-29-31-33-35-37-45(49)54-42-43(41-53-40-39-44(47(51)52)48(3,4)5)55-46(50)38-36-34-32-30-27-19-17-15-13-11-9-7-2/h9,11,14-18,20,43-44H,6-8,10,12-13,19,21-42H2,1-5H3/b11-9+,16-14+,17-15+,20-18+. The van der Waals surface area contributed by atoms with Crippen molar-refractivity contribution in [3.63, 3.8) is 0 Å². The van der Waals surface area contributed by atoms with Gasteiger partial charge in [-0.15, -0.1) is 0 Å². The summed E-state index contributed by atoms with van der Waals surface area (Å²) in [6.45, 7) is 4.50. The lowest BCUT2D eigenvalue weighted by Crippen LogP contribution is -2.55. The molecule has 0 aliphatic carbocycles. The highest BCUT2D eigenvalue weighted by atomic mass is 16.6. The van der Waals surface area contributed by atoms with Crippen molar-refractivity contribution in [1.29, 1.82) is 0 Å². The van der Waals surface area contributed by atoms with Crippen LogP contribution in [0.3, 0.4) is 0 Å². The molecule has 8 heteroatoms. The van der Waals surface area contributed by atoms with Crippen LogP contribution in [0.1, 0.15) is 181 Å². The molecule has 0 rings (SSSR count). The predicted octanol–water partition coefficient (Wildman–Crippen LogP) is 10.7. The Labute approximate surface area is 337 Å². The Morgan fingerprint density at radius 2 is 1.07 bits per heavy atom. The van der Waals surface area contributed by atoms with Crippen molar-refractivity contribution in [1.82, 2.24) is 0 Å². The van der Waals surface area contributed by atoms with Crippen LogP contribution < -0.4 is 5.11 Å². The fraction of sp³-hybridized carbons (Fsp3) is 0.766. The summed E-state index contributed by atoms with van der Waals surface area (Å²) < 4.78 is 17.1. The molecule has 0 spiro atoms. The molecule has 0 aromatic heterocycles. The van der Waals surface area contributed by atoms with Crippen molar-refractivity contribution in [2.24, 2.45) is 0 Å². The predicted molar refractivity (Wildman–Crippen MR) is 226 cm³/mol. The van der Waals surface area contributed by atoms with E-state index in [1.54, 1.807) is 21.1 Å². The van der Waals surface area contributed by atoms with Crippen LogP contribution in [0.5, 0.6) is 0 Å². The maximum absolute atomic E-state index is 12.7. The number of rotatable bonds is 39. The van der Waals surface area contributed by atoms with Gasteiger partial charge in [0.1, 0.15) is 12.6 Å². The van der Waals surface area contributed by atoms with Crippen LogP contribution in [0, 0.1) is 0 Å². The molecule has 0 aromatic rings. The molecule has 0 bridgehead atoms. The Morgan fingerprint density at radius 3 is 1.60 bits per heavy atom. The largest absolute Gasteiger partial charge is 0.544 e. The minimum Gasteiger partial charge on any atom is -0.544 e. The Kier molecular flexibility index (Phi) is 36.3. The number of hydrogen-bond acceptors (Lipinski definition) is 7. The van der Waals surface area contributed by atoms with Crippen molar-refractivity contribution in [3.05, 3.63) is 48.6 Å². The molecule has 8 nitrogen and oxygen atoms in total. The van der Waals surface area contributed by atoms with Gasteiger partial charge < -0.3 is 28.6 Å². The smallest absolute Gasteiger partial charge is 0.306 e. The number of carbonyl (C=O) groups excluding carboxylic acids is 3. The molecule has 0 radical (unpaired) electrons. The third-order valence-corrected chi connectivity index (χ3v) is 9.73. The summed E-state index contributed by atoms with van der Waals surface area (Å²) in [4.78, 5) is 36.8. The third-order valence-electron chi connectivity index (χ3n) is 9.73. The monoisotopic (exact) mass is 774 g/mol. The first-order chi connectivity index (χ1) is 26.6. The van der Waals surface area contributed by atoms with Crippen molar-refractivity contribution in [2.45, 2.75) is 193 Å². The van der Waals surface area contributed by atoms with Gasteiger partial charge in [-0.05, 0) is 64.2 Å². The summed E-state index contributed by atoms with van der Waals surface area (Å²) in [6.07, 6.45) is 44.2. The zero-order valence-electron chi connectivity index (χ0n) is 36.1.